The third-order valence-electron chi connectivity index (χ3n) is 7.01. The maximum Gasteiger partial charge on any atom is 0.306 e. The van der Waals surface area contributed by atoms with E-state index in [4.69, 9.17) is 18.9 Å². The van der Waals surface area contributed by atoms with E-state index in [0.717, 1.165) is 57.8 Å². The third-order valence-corrected chi connectivity index (χ3v) is 7.01. The fourth-order valence-corrected chi connectivity index (χ4v) is 4.28. The first kappa shape index (κ1) is 41.0. The molecule has 0 saturated heterocycles. The molecule has 9 heteroatoms. The van der Waals surface area contributed by atoms with Crippen LogP contribution in [0.5, 0.6) is 0 Å². The molecule has 0 rings (SSSR count). The molecule has 0 heterocycles. The van der Waals surface area contributed by atoms with Gasteiger partial charge in [-0.15, -0.1) is 0 Å². The fourth-order valence-electron chi connectivity index (χ4n) is 4.28. The van der Waals surface area contributed by atoms with Crippen molar-refractivity contribution in [2.24, 2.45) is 0 Å². The van der Waals surface area contributed by atoms with E-state index in [1.807, 2.05) is 21.1 Å². The van der Waals surface area contributed by atoms with Crippen molar-refractivity contribution < 1.29 is 42.9 Å². The number of aliphatic carboxylic acids is 1. The number of carboxylic acids is 1. The molecule has 2 unspecified atom stereocenters. The van der Waals surface area contributed by atoms with Crippen molar-refractivity contribution in [1.82, 2.24) is 0 Å². The average molecular weight is 614 g/mol. The minimum absolute atomic E-state index is 0.148. The summed E-state index contributed by atoms with van der Waals surface area (Å²) < 4.78 is 22.3. The highest BCUT2D eigenvalue weighted by molar-refractivity contribution is 5.70. The first-order valence-corrected chi connectivity index (χ1v) is 16.8. The van der Waals surface area contributed by atoms with Crippen LogP contribution in [-0.2, 0) is 33.3 Å². The number of nitrogens with zero attached hydrogens (tertiary/aromatic N) is 1. The lowest BCUT2D eigenvalue weighted by Crippen LogP contribution is -2.44. The zero-order chi connectivity index (χ0) is 32.2. The summed E-state index contributed by atoms with van der Waals surface area (Å²) >= 11 is 0. The van der Waals surface area contributed by atoms with Crippen molar-refractivity contribution in [3.8, 4) is 0 Å². The number of hydrogen-bond donors (Lipinski definition) is 0. The van der Waals surface area contributed by atoms with Crippen LogP contribution < -0.4 is 5.11 Å². The Kier molecular flexibility index (Phi) is 26.3. The van der Waals surface area contributed by atoms with Crippen molar-refractivity contribution in [2.75, 3.05) is 47.5 Å². The minimum atomic E-state index is -1.61. The van der Waals surface area contributed by atoms with E-state index in [-0.39, 0.29) is 32.2 Å². The minimum Gasteiger partial charge on any atom is -0.545 e. The molecule has 0 aromatic heterocycles. The summed E-state index contributed by atoms with van der Waals surface area (Å²) in [6.07, 6.45) is 19.8. The van der Waals surface area contributed by atoms with E-state index in [0.29, 0.717) is 23.9 Å². The zero-order valence-corrected chi connectivity index (χ0v) is 28.1. The highest BCUT2D eigenvalue weighted by Gasteiger charge is 2.21. The Bertz CT molecular complexity index is 734. The number of rotatable bonds is 30. The summed E-state index contributed by atoms with van der Waals surface area (Å²) in [4.78, 5) is 36.4. The number of carbonyl (C=O) groups is 3. The molecule has 0 saturated carbocycles. The van der Waals surface area contributed by atoms with Gasteiger partial charge in [-0.1, -0.05) is 96.6 Å². The smallest absolute Gasteiger partial charge is 0.306 e. The normalized spacial score (nSPS) is 13.2. The maximum atomic E-state index is 12.5. The molecule has 0 fully saturated rings. The van der Waals surface area contributed by atoms with Crippen molar-refractivity contribution >= 4 is 17.9 Å². The summed E-state index contributed by atoms with van der Waals surface area (Å²) in [6.45, 7) is 4.60. The molecule has 252 valence electrons. The Labute approximate surface area is 262 Å². The highest BCUT2D eigenvalue weighted by Crippen LogP contribution is 2.12. The van der Waals surface area contributed by atoms with Crippen molar-refractivity contribution in [2.45, 2.75) is 142 Å². The van der Waals surface area contributed by atoms with Crippen LogP contribution in [0, 0.1) is 0 Å². The number of unbranched alkanes of at least 4 members (excludes halogenated alkanes) is 13. The topological polar surface area (TPSA) is 111 Å². The number of quaternary nitrogens is 1. The predicted molar refractivity (Wildman–Crippen MR) is 168 cm³/mol. The van der Waals surface area contributed by atoms with Crippen LogP contribution in [0.4, 0.5) is 0 Å². The van der Waals surface area contributed by atoms with Crippen LogP contribution >= 0.6 is 0 Å². The van der Waals surface area contributed by atoms with Crippen LogP contribution in [0.3, 0.4) is 0 Å². The molecule has 0 aromatic rings. The summed E-state index contributed by atoms with van der Waals surface area (Å²) in [5, 5.41) is 11.6. The monoisotopic (exact) mass is 613 g/mol. The number of likely N-dealkylation sites (N-methyl/N-ethyl adjacent to an activating group) is 1. The second-order valence-corrected chi connectivity index (χ2v) is 12.5. The van der Waals surface area contributed by atoms with Crippen LogP contribution in [0.25, 0.3) is 0 Å². The lowest BCUT2D eigenvalue weighted by Gasteiger charge is -2.26. The van der Waals surface area contributed by atoms with Gasteiger partial charge in [-0.25, -0.2) is 0 Å². The Hall–Kier alpha value is -1.97. The second-order valence-electron chi connectivity index (χ2n) is 12.5. The number of esters is 2. The van der Waals surface area contributed by atoms with Gasteiger partial charge < -0.3 is 33.3 Å². The van der Waals surface area contributed by atoms with Gasteiger partial charge in [-0.2, -0.15) is 0 Å². The molecule has 0 bridgehead atoms. The van der Waals surface area contributed by atoms with E-state index in [2.05, 4.69) is 26.0 Å². The molecule has 0 spiro atoms. The molecule has 0 N–H and O–H groups in total. The van der Waals surface area contributed by atoms with Gasteiger partial charge in [0.15, 0.2) is 12.4 Å². The molecule has 0 aliphatic rings. The molecule has 0 amide bonds. The molecule has 0 radical (unpaired) electrons. The third kappa shape index (κ3) is 28.6. The van der Waals surface area contributed by atoms with Gasteiger partial charge in [0, 0.05) is 12.8 Å². The van der Waals surface area contributed by atoms with Gasteiger partial charge in [0.1, 0.15) is 13.2 Å². The fraction of sp³-hybridized carbons (Fsp3) is 0.853. The molecule has 2 atom stereocenters. The number of allylic oxidation sites excluding steroid dienone is 2. The molecule has 0 aliphatic heterocycles. The molecule has 0 aliphatic carbocycles. The van der Waals surface area contributed by atoms with Crippen LogP contribution in [-0.4, -0.2) is 82.3 Å². The van der Waals surface area contributed by atoms with E-state index >= 15 is 0 Å². The molecule has 9 nitrogen and oxygen atoms in total. The van der Waals surface area contributed by atoms with Crippen molar-refractivity contribution in [1.29, 1.82) is 0 Å². The molecular weight excluding hydrogens is 550 g/mol. The quantitative estimate of drug-likeness (QED) is 0.0325. The highest BCUT2D eigenvalue weighted by atomic mass is 16.7. The SMILES string of the molecule is CCCC/C=C\CCCCCCCC(=O)OC(COC(=O)CCCCCCCCC)COC(OCC[N+](C)(C)C)C(=O)[O-]. The Morgan fingerprint density at radius 2 is 1.21 bits per heavy atom. The lowest BCUT2D eigenvalue weighted by molar-refractivity contribution is -0.870. The van der Waals surface area contributed by atoms with Crippen molar-refractivity contribution in [3.63, 3.8) is 0 Å². The largest absolute Gasteiger partial charge is 0.545 e. The van der Waals surface area contributed by atoms with Gasteiger partial charge in [-0.05, 0) is 32.1 Å². The van der Waals surface area contributed by atoms with E-state index < -0.39 is 24.3 Å². The van der Waals surface area contributed by atoms with Crippen LogP contribution in [0.15, 0.2) is 12.2 Å². The standard InChI is InChI=1S/C34H63NO8/c1-6-8-10-12-14-15-16-17-19-21-23-25-32(37)43-30(28-41-31(36)24-22-20-18-13-11-9-7-2)29-42-34(33(38)39)40-27-26-35(3,4)5/h12,14,30,34H,6-11,13,15-29H2,1-5H3/b14-12-. The average Bonchev–Trinajstić information content (AvgIpc) is 2.94. The predicted octanol–water partition coefficient (Wildman–Crippen LogP) is 5.87. The Morgan fingerprint density at radius 1 is 0.674 bits per heavy atom. The second kappa shape index (κ2) is 27.6. The van der Waals surface area contributed by atoms with Gasteiger partial charge >= 0.3 is 11.9 Å². The van der Waals surface area contributed by atoms with Gasteiger partial charge in [0.25, 0.3) is 0 Å². The van der Waals surface area contributed by atoms with E-state index in [1.165, 1.54) is 38.5 Å². The van der Waals surface area contributed by atoms with Gasteiger partial charge in [0.2, 0.25) is 0 Å². The zero-order valence-electron chi connectivity index (χ0n) is 28.1. The number of carboxylic acid groups (broad SMARTS) is 1. The number of carbonyl (C=O) groups excluding carboxylic acids is 3. The van der Waals surface area contributed by atoms with Gasteiger partial charge in [-0.3, -0.25) is 9.59 Å². The summed E-state index contributed by atoms with van der Waals surface area (Å²) in [6, 6.07) is 0. The first-order chi connectivity index (χ1) is 20.6. The Balaban J connectivity index is 4.63. The summed E-state index contributed by atoms with van der Waals surface area (Å²) in [5.41, 5.74) is 0. The van der Waals surface area contributed by atoms with Gasteiger partial charge in [0.05, 0.1) is 40.3 Å². The van der Waals surface area contributed by atoms with Crippen LogP contribution in [0.2, 0.25) is 0 Å². The molecular formula is C34H63NO8. The summed E-state index contributed by atoms with van der Waals surface area (Å²) in [7, 11) is 5.88. The number of hydrogen-bond acceptors (Lipinski definition) is 8. The molecule has 43 heavy (non-hydrogen) atoms. The van der Waals surface area contributed by atoms with Crippen molar-refractivity contribution in [3.05, 3.63) is 12.2 Å². The van der Waals surface area contributed by atoms with Crippen LogP contribution in [0.1, 0.15) is 129 Å². The number of ether oxygens (including phenoxy) is 4. The molecule has 0 aromatic carbocycles. The van der Waals surface area contributed by atoms with E-state index in [9.17, 15) is 19.5 Å². The lowest BCUT2D eigenvalue weighted by atomic mass is 10.1. The Morgan fingerprint density at radius 3 is 1.79 bits per heavy atom. The maximum absolute atomic E-state index is 12.5. The summed E-state index contributed by atoms with van der Waals surface area (Å²) in [5.74, 6) is -2.31. The first-order valence-electron chi connectivity index (χ1n) is 16.8. The van der Waals surface area contributed by atoms with E-state index in [1.54, 1.807) is 0 Å².